The fourth-order valence-corrected chi connectivity index (χ4v) is 2.82. The normalized spacial score (nSPS) is 15.1. The standard InChI is InChI=1S/C17H40N4/c1-8-12-15-21(20(10-3)11-4)16-13-14-17(5,18-9-2)19(6)7/h18H,8-16H2,1-7H3. The summed E-state index contributed by atoms with van der Waals surface area (Å²) in [6, 6.07) is 0. The molecule has 1 N–H and O–H groups in total. The van der Waals surface area contributed by atoms with Crippen LogP contribution in [0.4, 0.5) is 0 Å². The van der Waals surface area contributed by atoms with E-state index in [2.05, 4.69) is 68.9 Å². The number of unbranched alkanes of at least 4 members (excludes halogenated alkanes) is 1. The molecule has 1 unspecified atom stereocenters. The zero-order valence-corrected chi connectivity index (χ0v) is 15.7. The molecule has 0 bridgehead atoms. The van der Waals surface area contributed by atoms with Gasteiger partial charge >= 0.3 is 0 Å². The van der Waals surface area contributed by atoms with E-state index in [9.17, 15) is 0 Å². The van der Waals surface area contributed by atoms with Crippen molar-refractivity contribution in [3.8, 4) is 0 Å². The molecule has 21 heavy (non-hydrogen) atoms. The lowest BCUT2D eigenvalue weighted by Gasteiger charge is -2.39. The van der Waals surface area contributed by atoms with Gasteiger partial charge in [-0.2, -0.15) is 0 Å². The average molecular weight is 301 g/mol. The molecule has 0 aliphatic rings. The topological polar surface area (TPSA) is 21.8 Å². The van der Waals surface area contributed by atoms with Gasteiger partial charge in [-0.1, -0.05) is 34.1 Å². The van der Waals surface area contributed by atoms with Crippen molar-refractivity contribution in [2.45, 2.75) is 66.0 Å². The number of rotatable bonds is 13. The first-order valence-electron chi connectivity index (χ1n) is 8.87. The van der Waals surface area contributed by atoms with Gasteiger partial charge in [0, 0.05) is 26.2 Å². The van der Waals surface area contributed by atoms with Gasteiger partial charge in [-0.05, 0) is 46.8 Å². The van der Waals surface area contributed by atoms with Gasteiger partial charge in [0.2, 0.25) is 0 Å². The van der Waals surface area contributed by atoms with E-state index in [1.54, 1.807) is 0 Å². The molecule has 4 heteroatoms. The first-order valence-corrected chi connectivity index (χ1v) is 8.87. The molecule has 0 fully saturated rings. The Kier molecular flexibility index (Phi) is 11.3. The average Bonchev–Trinajstić information content (AvgIpc) is 2.45. The summed E-state index contributed by atoms with van der Waals surface area (Å²) in [7, 11) is 4.34. The van der Waals surface area contributed by atoms with Gasteiger partial charge in [0.1, 0.15) is 0 Å². The van der Waals surface area contributed by atoms with E-state index in [-0.39, 0.29) is 5.66 Å². The van der Waals surface area contributed by atoms with E-state index >= 15 is 0 Å². The third-order valence-electron chi connectivity index (χ3n) is 4.52. The van der Waals surface area contributed by atoms with Crippen LogP contribution in [-0.2, 0) is 0 Å². The number of nitrogens with zero attached hydrogens (tertiary/aromatic N) is 3. The van der Waals surface area contributed by atoms with E-state index in [0.717, 1.165) is 26.2 Å². The van der Waals surface area contributed by atoms with Gasteiger partial charge in [-0.3, -0.25) is 10.2 Å². The van der Waals surface area contributed by atoms with Crippen molar-refractivity contribution in [1.82, 2.24) is 20.2 Å². The second-order valence-electron chi connectivity index (χ2n) is 6.25. The quantitative estimate of drug-likeness (QED) is 0.417. The highest BCUT2D eigenvalue weighted by Gasteiger charge is 2.25. The van der Waals surface area contributed by atoms with Crippen LogP contribution in [0, 0.1) is 0 Å². The van der Waals surface area contributed by atoms with Crippen LogP contribution in [0.5, 0.6) is 0 Å². The molecule has 0 aliphatic heterocycles. The molecular formula is C17H40N4. The van der Waals surface area contributed by atoms with E-state index in [1.807, 2.05) is 0 Å². The summed E-state index contributed by atoms with van der Waals surface area (Å²) in [5.74, 6) is 0. The molecule has 0 aromatic carbocycles. The Bertz CT molecular complexity index is 241. The molecule has 1 atom stereocenters. The molecule has 0 amide bonds. The highest BCUT2D eigenvalue weighted by atomic mass is 15.6. The van der Waals surface area contributed by atoms with Crippen LogP contribution in [0.3, 0.4) is 0 Å². The van der Waals surface area contributed by atoms with Crippen molar-refractivity contribution in [3.63, 3.8) is 0 Å². The Morgan fingerprint density at radius 3 is 1.86 bits per heavy atom. The van der Waals surface area contributed by atoms with Crippen molar-refractivity contribution >= 4 is 0 Å². The van der Waals surface area contributed by atoms with E-state index in [4.69, 9.17) is 0 Å². The Hall–Kier alpha value is -0.160. The van der Waals surface area contributed by atoms with E-state index < -0.39 is 0 Å². The molecule has 0 heterocycles. The zero-order valence-electron chi connectivity index (χ0n) is 15.7. The molecule has 0 aromatic heterocycles. The number of hydrogen-bond acceptors (Lipinski definition) is 4. The Balaban J connectivity index is 4.45. The predicted molar refractivity (Wildman–Crippen MR) is 94.4 cm³/mol. The summed E-state index contributed by atoms with van der Waals surface area (Å²) in [5.41, 5.74) is 0.106. The third-order valence-corrected chi connectivity index (χ3v) is 4.52. The van der Waals surface area contributed by atoms with Gasteiger partial charge in [-0.15, -0.1) is 0 Å². The molecule has 0 spiro atoms. The Morgan fingerprint density at radius 1 is 0.857 bits per heavy atom. The largest absolute Gasteiger partial charge is 0.300 e. The van der Waals surface area contributed by atoms with Gasteiger partial charge < -0.3 is 0 Å². The summed E-state index contributed by atoms with van der Waals surface area (Å²) in [6.07, 6.45) is 4.96. The smallest absolute Gasteiger partial charge is 0.0678 e. The van der Waals surface area contributed by atoms with Gasteiger partial charge in [-0.25, -0.2) is 10.0 Å². The lowest BCUT2D eigenvalue weighted by atomic mass is 10.0. The van der Waals surface area contributed by atoms with Crippen molar-refractivity contribution in [2.75, 3.05) is 46.8 Å². The predicted octanol–water partition coefficient (Wildman–Crippen LogP) is 3.01. The molecule has 128 valence electrons. The fraction of sp³-hybridized carbons (Fsp3) is 1.00. The van der Waals surface area contributed by atoms with Crippen LogP contribution in [0.15, 0.2) is 0 Å². The van der Waals surface area contributed by atoms with Crippen LogP contribution < -0.4 is 5.32 Å². The van der Waals surface area contributed by atoms with Crippen LogP contribution in [-0.4, -0.2) is 67.4 Å². The van der Waals surface area contributed by atoms with Crippen LogP contribution in [0.25, 0.3) is 0 Å². The lowest BCUT2D eigenvalue weighted by molar-refractivity contribution is -0.0225. The summed E-state index contributed by atoms with van der Waals surface area (Å²) in [4.78, 5) is 2.31. The SMILES string of the molecule is CCCCN(CCCC(C)(NCC)N(C)C)N(CC)CC. The van der Waals surface area contributed by atoms with E-state index in [1.165, 1.54) is 32.2 Å². The molecule has 0 saturated carbocycles. The van der Waals surface area contributed by atoms with Crippen LogP contribution in [0.1, 0.15) is 60.3 Å². The summed E-state index contributed by atoms with van der Waals surface area (Å²) in [5, 5.41) is 8.67. The lowest BCUT2D eigenvalue weighted by Crippen LogP contribution is -2.54. The van der Waals surface area contributed by atoms with Crippen molar-refractivity contribution < 1.29 is 0 Å². The molecular weight excluding hydrogens is 260 g/mol. The van der Waals surface area contributed by atoms with Gasteiger partial charge in [0.15, 0.2) is 0 Å². The maximum absolute atomic E-state index is 3.63. The second-order valence-corrected chi connectivity index (χ2v) is 6.25. The highest BCUT2D eigenvalue weighted by molar-refractivity contribution is 4.79. The third kappa shape index (κ3) is 7.59. The first kappa shape index (κ1) is 20.8. The second kappa shape index (κ2) is 11.4. The summed E-state index contributed by atoms with van der Waals surface area (Å²) in [6.45, 7) is 16.9. The van der Waals surface area contributed by atoms with Gasteiger partial charge in [0.05, 0.1) is 5.66 Å². The summed E-state index contributed by atoms with van der Waals surface area (Å²) >= 11 is 0. The fourth-order valence-electron chi connectivity index (χ4n) is 2.82. The minimum atomic E-state index is 0.106. The first-order chi connectivity index (χ1) is 9.95. The molecule has 0 saturated heterocycles. The Morgan fingerprint density at radius 2 is 1.43 bits per heavy atom. The molecule has 4 nitrogen and oxygen atoms in total. The minimum Gasteiger partial charge on any atom is -0.300 e. The zero-order chi connectivity index (χ0) is 16.3. The maximum atomic E-state index is 3.63. The van der Waals surface area contributed by atoms with Gasteiger partial charge in [0.25, 0.3) is 0 Å². The monoisotopic (exact) mass is 300 g/mol. The van der Waals surface area contributed by atoms with E-state index in [0.29, 0.717) is 0 Å². The molecule has 0 aliphatic carbocycles. The molecule has 0 aromatic rings. The van der Waals surface area contributed by atoms with Crippen molar-refractivity contribution in [3.05, 3.63) is 0 Å². The van der Waals surface area contributed by atoms with Crippen LogP contribution >= 0.6 is 0 Å². The Labute approximate surface area is 133 Å². The van der Waals surface area contributed by atoms with Crippen molar-refractivity contribution in [2.24, 2.45) is 0 Å². The number of hydrogen-bond donors (Lipinski definition) is 1. The maximum Gasteiger partial charge on any atom is 0.0678 e. The number of hydrazine groups is 1. The summed E-state index contributed by atoms with van der Waals surface area (Å²) < 4.78 is 0. The van der Waals surface area contributed by atoms with Crippen LogP contribution in [0.2, 0.25) is 0 Å². The highest BCUT2D eigenvalue weighted by Crippen LogP contribution is 2.16. The van der Waals surface area contributed by atoms with Crippen molar-refractivity contribution in [1.29, 1.82) is 0 Å². The number of nitrogens with one attached hydrogen (secondary N) is 1. The minimum absolute atomic E-state index is 0.106. The molecule has 0 radical (unpaired) electrons. The molecule has 0 rings (SSSR count).